The molecule has 1 saturated heterocycles. The lowest BCUT2D eigenvalue weighted by Crippen LogP contribution is -2.32. The molecule has 0 saturated carbocycles. The van der Waals surface area contributed by atoms with E-state index in [1.54, 1.807) is 13.1 Å². The van der Waals surface area contributed by atoms with E-state index in [1.165, 1.54) is 11.1 Å². The Morgan fingerprint density at radius 1 is 1.33 bits per heavy atom. The highest BCUT2D eigenvalue weighted by molar-refractivity contribution is 5.50. The van der Waals surface area contributed by atoms with E-state index in [-0.39, 0.29) is 5.82 Å². The molecule has 0 radical (unpaired) electrons. The highest BCUT2D eigenvalue weighted by atomic mass is 19.1. The van der Waals surface area contributed by atoms with Crippen molar-refractivity contribution in [2.24, 2.45) is 0 Å². The molecule has 0 unspecified atom stereocenters. The first-order valence-electron chi connectivity index (χ1n) is 6.85. The van der Waals surface area contributed by atoms with E-state index >= 15 is 0 Å². The van der Waals surface area contributed by atoms with Gasteiger partial charge in [-0.1, -0.05) is 6.92 Å². The summed E-state index contributed by atoms with van der Waals surface area (Å²) in [6.45, 7) is 7.68. The Hall–Kier alpha value is -1.09. The lowest BCUT2D eigenvalue weighted by molar-refractivity contribution is 0.222. The molecule has 1 N–H and O–H groups in total. The summed E-state index contributed by atoms with van der Waals surface area (Å²) in [7, 11) is 1.76. The average molecular weight is 250 g/mol. The van der Waals surface area contributed by atoms with Gasteiger partial charge in [-0.2, -0.15) is 0 Å². The molecule has 18 heavy (non-hydrogen) atoms. The number of anilines is 1. The Morgan fingerprint density at radius 2 is 2.00 bits per heavy atom. The maximum Gasteiger partial charge on any atom is 0.146 e. The fourth-order valence-electron chi connectivity index (χ4n) is 2.89. The summed E-state index contributed by atoms with van der Waals surface area (Å²) in [4.78, 5) is 2.46. The average Bonchev–Trinajstić information content (AvgIpc) is 2.41. The van der Waals surface area contributed by atoms with Crippen molar-refractivity contribution in [2.75, 3.05) is 32.0 Å². The molecule has 2 nitrogen and oxygen atoms in total. The number of rotatable bonds is 3. The van der Waals surface area contributed by atoms with Crippen LogP contribution < -0.4 is 5.32 Å². The van der Waals surface area contributed by atoms with Crippen LogP contribution in [0.3, 0.4) is 0 Å². The SMILES string of the molecule is CCN1CCC(c2cc(F)c(NC)cc2C)CC1. The van der Waals surface area contributed by atoms with Crippen molar-refractivity contribution < 1.29 is 4.39 Å². The van der Waals surface area contributed by atoms with Crippen LogP contribution >= 0.6 is 0 Å². The Bertz CT molecular complexity index is 409. The van der Waals surface area contributed by atoms with E-state index in [0.717, 1.165) is 32.5 Å². The highest BCUT2D eigenvalue weighted by Crippen LogP contribution is 2.32. The zero-order valence-electron chi connectivity index (χ0n) is 11.6. The topological polar surface area (TPSA) is 15.3 Å². The van der Waals surface area contributed by atoms with Crippen LogP contribution in [0.2, 0.25) is 0 Å². The fourth-order valence-corrected chi connectivity index (χ4v) is 2.89. The van der Waals surface area contributed by atoms with Crippen LogP contribution in [-0.2, 0) is 0 Å². The molecule has 2 rings (SSSR count). The van der Waals surface area contributed by atoms with Crippen molar-refractivity contribution >= 4 is 5.69 Å². The van der Waals surface area contributed by atoms with Crippen LogP contribution in [0, 0.1) is 12.7 Å². The second kappa shape index (κ2) is 5.70. The summed E-state index contributed by atoms with van der Waals surface area (Å²) in [5.41, 5.74) is 3.00. The molecular formula is C15H23FN2. The number of nitrogens with zero attached hydrogens (tertiary/aromatic N) is 1. The van der Waals surface area contributed by atoms with Gasteiger partial charge in [-0.05, 0) is 68.6 Å². The van der Waals surface area contributed by atoms with E-state index < -0.39 is 0 Å². The van der Waals surface area contributed by atoms with Gasteiger partial charge in [-0.3, -0.25) is 0 Å². The fraction of sp³-hybridized carbons (Fsp3) is 0.600. The van der Waals surface area contributed by atoms with Gasteiger partial charge in [0, 0.05) is 7.05 Å². The monoisotopic (exact) mass is 250 g/mol. The van der Waals surface area contributed by atoms with Crippen LogP contribution in [0.5, 0.6) is 0 Å². The molecule has 0 spiro atoms. The Kier molecular flexibility index (Phi) is 4.23. The van der Waals surface area contributed by atoms with Gasteiger partial charge in [-0.25, -0.2) is 4.39 Å². The van der Waals surface area contributed by atoms with E-state index in [0.29, 0.717) is 11.6 Å². The normalized spacial score (nSPS) is 18.0. The quantitative estimate of drug-likeness (QED) is 0.884. The predicted molar refractivity (Wildman–Crippen MR) is 74.8 cm³/mol. The molecule has 0 atom stereocenters. The molecule has 100 valence electrons. The Morgan fingerprint density at radius 3 is 2.56 bits per heavy atom. The Labute approximate surface area is 109 Å². The van der Waals surface area contributed by atoms with Gasteiger partial charge in [0.15, 0.2) is 0 Å². The molecule has 1 fully saturated rings. The van der Waals surface area contributed by atoms with Crippen molar-refractivity contribution in [3.8, 4) is 0 Å². The van der Waals surface area contributed by atoms with E-state index in [9.17, 15) is 4.39 Å². The third-order valence-electron chi connectivity index (χ3n) is 4.10. The first-order valence-corrected chi connectivity index (χ1v) is 6.85. The van der Waals surface area contributed by atoms with Gasteiger partial charge in [-0.15, -0.1) is 0 Å². The van der Waals surface area contributed by atoms with Crippen LogP contribution in [0.15, 0.2) is 12.1 Å². The highest BCUT2D eigenvalue weighted by Gasteiger charge is 2.21. The van der Waals surface area contributed by atoms with Crippen molar-refractivity contribution in [2.45, 2.75) is 32.6 Å². The standard InChI is InChI=1S/C15H23FN2/c1-4-18-7-5-12(6-8-18)13-10-14(16)15(17-3)9-11(13)2/h9-10,12,17H,4-8H2,1-3H3. The zero-order valence-corrected chi connectivity index (χ0v) is 11.6. The molecule has 0 bridgehead atoms. The van der Waals surface area contributed by atoms with Gasteiger partial charge in [0.05, 0.1) is 5.69 Å². The number of likely N-dealkylation sites (tertiary alicyclic amines) is 1. The van der Waals surface area contributed by atoms with Gasteiger partial charge >= 0.3 is 0 Å². The number of nitrogens with one attached hydrogen (secondary N) is 1. The predicted octanol–water partition coefficient (Wildman–Crippen LogP) is 3.38. The van der Waals surface area contributed by atoms with Crippen molar-refractivity contribution in [1.82, 2.24) is 4.90 Å². The lowest BCUT2D eigenvalue weighted by atomic mass is 9.86. The molecule has 1 aliphatic rings. The van der Waals surface area contributed by atoms with E-state index in [1.807, 2.05) is 6.07 Å². The maximum absolute atomic E-state index is 13.9. The second-order valence-corrected chi connectivity index (χ2v) is 5.15. The molecule has 0 aromatic heterocycles. The number of hydrogen-bond acceptors (Lipinski definition) is 2. The number of piperidine rings is 1. The van der Waals surface area contributed by atoms with E-state index in [2.05, 4.69) is 24.1 Å². The molecule has 0 aliphatic carbocycles. The van der Waals surface area contributed by atoms with Gasteiger partial charge in [0.1, 0.15) is 5.82 Å². The zero-order chi connectivity index (χ0) is 13.1. The molecule has 0 amide bonds. The van der Waals surface area contributed by atoms with Crippen molar-refractivity contribution in [1.29, 1.82) is 0 Å². The minimum atomic E-state index is -0.129. The van der Waals surface area contributed by atoms with Crippen LogP contribution in [0.25, 0.3) is 0 Å². The van der Waals surface area contributed by atoms with Crippen molar-refractivity contribution in [3.63, 3.8) is 0 Å². The summed E-state index contributed by atoms with van der Waals surface area (Å²) >= 11 is 0. The summed E-state index contributed by atoms with van der Waals surface area (Å²) < 4.78 is 13.9. The van der Waals surface area contributed by atoms with Crippen molar-refractivity contribution in [3.05, 3.63) is 29.1 Å². The summed E-state index contributed by atoms with van der Waals surface area (Å²) in [5, 5.41) is 2.90. The maximum atomic E-state index is 13.9. The minimum absolute atomic E-state index is 0.129. The molecule has 3 heteroatoms. The lowest BCUT2D eigenvalue weighted by Gasteiger charge is -2.32. The third-order valence-corrected chi connectivity index (χ3v) is 4.10. The number of aryl methyl sites for hydroxylation is 1. The summed E-state index contributed by atoms with van der Waals surface area (Å²) in [5.74, 6) is 0.393. The second-order valence-electron chi connectivity index (χ2n) is 5.15. The summed E-state index contributed by atoms with van der Waals surface area (Å²) in [6, 6.07) is 3.66. The first-order chi connectivity index (χ1) is 8.65. The largest absolute Gasteiger partial charge is 0.386 e. The first kappa shape index (κ1) is 13.3. The molecule has 1 aromatic rings. The van der Waals surface area contributed by atoms with E-state index in [4.69, 9.17) is 0 Å². The number of benzene rings is 1. The molecule has 1 heterocycles. The minimum Gasteiger partial charge on any atom is -0.386 e. The smallest absolute Gasteiger partial charge is 0.146 e. The van der Waals surface area contributed by atoms with Crippen LogP contribution in [-0.4, -0.2) is 31.6 Å². The van der Waals surface area contributed by atoms with Gasteiger partial charge in [0.2, 0.25) is 0 Å². The molecule has 1 aromatic carbocycles. The molecule has 1 aliphatic heterocycles. The van der Waals surface area contributed by atoms with Crippen LogP contribution in [0.1, 0.15) is 36.8 Å². The van der Waals surface area contributed by atoms with Crippen LogP contribution in [0.4, 0.5) is 10.1 Å². The van der Waals surface area contributed by atoms with Gasteiger partial charge in [0.25, 0.3) is 0 Å². The van der Waals surface area contributed by atoms with Gasteiger partial charge < -0.3 is 10.2 Å². The number of halogens is 1. The number of hydrogen-bond donors (Lipinski definition) is 1. The summed E-state index contributed by atoms with van der Waals surface area (Å²) in [6.07, 6.45) is 2.29. The molecular weight excluding hydrogens is 227 g/mol. The third kappa shape index (κ3) is 2.66. The Balaban J connectivity index is 2.16.